The zero-order valence-electron chi connectivity index (χ0n) is 10.6. The molecule has 3 rings (SSSR count). The number of nitrogens with one attached hydrogen (secondary N) is 1. The van der Waals surface area contributed by atoms with Gasteiger partial charge in [-0.2, -0.15) is 4.98 Å². The number of rotatable bonds is 3. The van der Waals surface area contributed by atoms with Gasteiger partial charge in [-0.1, -0.05) is 28.9 Å². The van der Waals surface area contributed by atoms with E-state index in [1.165, 1.54) is 12.8 Å². The molecule has 1 aromatic carbocycles. The molecule has 1 atom stereocenters. The molecule has 0 bridgehead atoms. The molecule has 0 spiro atoms. The molecule has 1 saturated heterocycles. The van der Waals surface area contributed by atoms with Gasteiger partial charge in [-0.25, -0.2) is 0 Å². The van der Waals surface area contributed by atoms with Crippen molar-refractivity contribution in [1.82, 2.24) is 15.5 Å². The Morgan fingerprint density at radius 1 is 1.37 bits per heavy atom. The van der Waals surface area contributed by atoms with Crippen LogP contribution in [-0.4, -0.2) is 23.2 Å². The van der Waals surface area contributed by atoms with E-state index in [1.807, 2.05) is 24.3 Å². The normalized spacial score (nSPS) is 19.5. The minimum absolute atomic E-state index is 0.573. The van der Waals surface area contributed by atoms with Gasteiger partial charge in [-0.15, -0.1) is 0 Å². The van der Waals surface area contributed by atoms with Crippen LogP contribution in [0.15, 0.2) is 28.8 Å². The van der Waals surface area contributed by atoms with Crippen molar-refractivity contribution in [2.24, 2.45) is 5.92 Å². The van der Waals surface area contributed by atoms with Gasteiger partial charge in [-0.3, -0.25) is 0 Å². The molecule has 19 heavy (non-hydrogen) atoms. The Bertz CT molecular complexity index is 549. The van der Waals surface area contributed by atoms with E-state index < -0.39 is 0 Å². The van der Waals surface area contributed by atoms with Gasteiger partial charge in [0.15, 0.2) is 0 Å². The number of halogens is 1. The zero-order chi connectivity index (χ0) is 13.1. The molecule has 0 amide bonds. The Labute approximate surface area is 117 Å². The first-order chi connectivity index (χ1) is 9.33. The number of nitrogens with zero attached hydrogens (tertiary/aromatic N) is 2. The summed E-state index contributed by atoms with van der Waals surface area (Å²) >= 11 is 6.13. The van der Waals surface area contributed by atoms with Gasteiger partial charge in [0, 0.05) is 12.0 Å². The topological polar surface area (TPSA) is 51.0 Å². The Balaban J connectivity index is 1.74. The molecule has 1 fully saturated rings. The van der Waals surface area contributed by atoms with Gasteiger partial charge in [-0.05, 0) is 44.0 Å². The molecule has 1 aromatic heterocycles. The smallest absolute Gasteiger partial charge is 0.227 e. The van der Waals surface area contributed by atoms with E-state index >= 15 is 0 Å². The molecule has 1 unspecified atom stereocenters. The number of benzene rings is 1. The van der Waals surface area contributed by atoms with Gasteiger partial charge in [0.25, 0.3) is 0 Å². The maximum Gasteiger partial charge on any atom is 0.227 e. The van der Waals surface area contributed by atoms with E-state index in [1.54, 1.807) is 0 Å². The number of hydrogen-bond donors (Lipinski definition) is 1. The van der Waals surface area contributed by atoms with Crippen LogP contribution in [0.1, 0.15) is 18.7 Å². The van der Waals surface area contributed by atoms with Crippen molar-refractivity contribution in [2.75, 3.05) is 13.1 Å². The molecule has 2 heterocycles. The highest BCUT2D eigenvalue weighted by atomic mass is 35.5. The number of piperidine rings is 1. The van der Waals surface area contributed by atoms with E-state index in [4.69, 9.17) is 16.1 Å². The van der Waals surface area contributed by atoms with Crippen molar-refractivity contribution >= 4 is 11.6 Å². The SMILES string of the molecule is Clc1ccccc1-c1noc(CC2CCCNC2)n1. The van der Waals surface area contributed by atoms with Crippen molar-refractivity contribution in [2.45, 2.75) is 19.3 Å². The van der Waals surface area contributed by atoms with Crippen molar-refractivity contribution in [1.29, 1.82) is 0 Å². The summed E-state index contributed by atoms with van der Waals surface area (Å²) < 4.78 is 5.33. The first-order valence-electron chi connectivity index (χ1n) is 6.61. The van der Waals surface area contributed by atoms with Crippen LogP contribution in [0.4, 0.5) is 0 Å². The minimum Gasteiger partial charge on any atom is -0.339 e. The highest BCUT2D eigenvalue weighted by molar-refractivity contribution is 6.33. The fraction of sp³-hybridized carbons (Fsp3) is 0.429. The second-order valence-corrected chi connectivity index (χ2v) is 5.32. The average molecular weight is 278 g/mol. The van der Waals surface area contributed by atoms with Crippen LogP contribution in [-0.2, 0) is 6.42 Å². The molecule has 2 aromatic rings. The van der Waals surface area contributed by atoms with E-state index in [0.717, 1.165) is 25.1 Å². The predicted molar refractivity (Wildman–Crippen MR) is 74.0 cm³/mol. The average Bonchev–Trinajstić information content (AvgIpc) is 2.89. The summed E-state index contributed by atoms with van der Waals surface area (Å²) in [7, 11) is 0. The molecule has 0 aliphatic carbocycles. The lowest BCUT2D eigenvalue weighted by Gasteiger charge is -2.20. The van der Waals surface area contributed by atoms with E-state index in [-0.39, 0.29) is 0 Å². The highest BCUT2D eigenvalue weighted by Gasteiger charge is 2.18. The van der Waals surface area contributed by atoms with E-state index in [2.05, 4.69) is 15.5 Å². The Morgan fingerprint density at radius 2 is 2.26 bits per heavy atom. The molecule has 0 saturated carbocycles. The summed E-state index contributed by atoms with van der Waals surface area (Å²) in [5.41, 5.74) is 0.820. The summed E-state index contributed by atoms with van der Waals surface area (Å²) in [6.45, 7) is 2.15. The standard InChI is InChI=1S/C14H16ClN3O/c15-12-6-2-1-5-11(12)14-17-13(19-18-14)8-10-4-3-7-16-9-10/h1-2,5-6,10,16H,3-4,7-9H2. The fourth-order valence-corrected chi connectivity index (χ4v) is 2.66. The van der Waals surface area contributed by atoms with Crippen molar-refractivity contribution in [3.05, 3.63) is 35.2 Å². The summed E-state index contributed by atoms with van der Waals surface area (Å²) in [6.07, 6.45) is 3.28. The van der Waals surface area contributed by atoms with Gasteiger partial charge in [0.2, 0.25) is 11.7 Å². The second kappa shape index (κ2) is 5.72. The van der Waals surface area contributed by atoms with E-state index in [0.29, 0.717) is 22.7 Å². The van der Waals surface area contributed by atoms with Crippen LogP contribution < -0.4 is 5.32 Å². The quantitative estimate of drug-likeness (QED) is 0.937. The third kappa shape index (κ3) is 2.96. The fourth-order valence-electron chi connectivity index (χ4n) is 2.43. The lowest BCUT2D eigenvalue weighted by molar-refractivity contribution is 0.316. The number of aromatic nitrogens is 2. The molecule has 5 heteroatoms. The summed E-state index contributed by atoms with van der Waals surface area (Å²) in [5.74, 6) is 1.86. The maximum absolute atomic E-state index is 6.13. The lowest BCUT2D eigenvalue weighted by atomic mass is 9.96. The first-order valence-corrected chi connectivity index (χ1v) is 6.99. The van der Waals surface area contributed by atoms with Gasteiger partial charge in [0.05, 0.1) is 5.02 Å². The van der Waals surface area contributed by atoms with Gasteiger partial charge >= 0.3 is 0 Å². The number of hydrogen-bond acceptors (Lipinski definition) is 4. The lowest BCUT2D eigenvalue weighted by Crippen LogP contribution is -2.30. The monoisotopic (exact) mass is 277 g/mol. The summed E-state index contributed by atoms with van der Waals surface area (Å²) in [4.78, 5) is 4.45. The highest BCUT2D eigenvalue weighted by Crippen LogP contribution is 2.25. The van der Waals surface area contributed by atoms with Crippen LogP contribution in [0.3, 0.4) is 0 Å². The second-order valence-electron chi connectivity index (χ2n) is 4.91. The Hall–Kier alpha value is -1.39. The van der Waals surface area contributed by atoms with Crippen LogP contribution in [0, 0.1) is 5.92 Å². The van der Waals surface area contributed by atoms with Crippen molar-refractivity contribution in [3.63, 3.8) is 0 Å². The van der Waals surface area contributed by atoms with Crippen LogP contribution in [0.25, 0.3) is 11.4 Å². The van der Waals surface area contributed by atoms with Crippen LogP contribution >= 0.6 is 11.6 Å². The summed E-state index contributed by atoms with van der Waals surface area (Å²) in [5, 5.41) is 8.06. The zero-order valence-corrected chi connectivity index (χ0v) is 11.4. The molecule has 100 valence electrons. The molecular formula is C14H16ClN3O. The third-order valence-corrected chi connectivity index (χ3v) is 3.77. The maximum atomic E-state index is 6.13. The Kier molecular flexibility index (Phi) is 3.80. The molecule has 1 N–H and O–H groups in total. The molecular weight excluding hydrogens is 262 g/mol. The van der Waals surface area contributed by atoms with E-state index in [9.17, 15) is 0 Å². The van der Waals surface area contributed by atoms with Crippen LogP contribution in [0.5, 0.6) is 0 Å². The van der Waals surface area contributed by atoms with Crippen LogP contribution in [0.2, 0.25) is 5.02 Å². The summed E-state index contributed by atoms with van der Waals surface area (Å²) in [6, 6.07) is 7.54. The minimum atomic E-state index is 0.573. The Morgan fingerprint density at radius 3 is 3.05 bits per heavy atom. The van der Waals surface area contributed by atoms with Gasteiger partial charge < -0.3 is 9.84 Å². The predicted octanol–water partition coefficient (Wildman–Crippen LogP) is 2.93. The molecule has 4 nitrogen and oxygen atoms in total. The first kappa shape index (κ1) is 12.6. The molecule has 0 radical (unpaired) electrons. The molecule has 1 aliphatic rings. The largest absolute Gasteiger partial charge is 0.339 e. The van der Waals surface area contributed by atoms with Crippen molar-refractivity contribution in [3.8, 4) is 11.4 Å². The van der Waals surface area contributed by atoms with Gasteiger partial charge in [0.1, 0.15) is 0 Å². The van der Waals surface area contributed by atoms with Crippen molar-refractivity contribution < 1.29 is 4.52 Å². The molecule has 1 aliphatic heterocycles. The third-order valence-electron chi connectivity index (χ3n) is 3.45.